The first-order valence-corrected chi connectivity index (χ1v) is 6.05. The molecule has 1 aliphatic heterocycles. The van der Waals surface area contributed by atoms with E-state index in [2.05, 4.69) is 5.32 Å². The maximum atomic E-state index is 13.1. The van der Waals surface area contributed by atoms with Crippen LogP contribution >= 0.6 is 0 Å². The third-order valence-corrected chi connectivity index (χ3v) is 2.89. The molecule has 1 aromatic carbocycles. The van der Waals surface area contributed by atoms with Gasteiger partial charge in [0.15, 0.2) is 0 Å². The van der Waals surface area contributed by atoms with Crippen molar-refractivity contribution in [3.8, 4) is 0 Å². The molecule has 1 heterocycles. The van der Waals surface area contributed by atoms with Crippen LogP contribution in [0.2, 0.25) is 0 Å². The summed E-state index contributed by atoms with van der Waals surface area (Å²) in [5.41, 5.74) is -0.177. The fourth-order valence-corrected chi connectivity index (χ4v) is 1.92. The molecule has 0 atom stereocenters. The number of hydrogen-bond acceptors (Lipinski definition) is 6. The first-order chi connectivity index (χ1) is 9.93. The van der Waals surface area contributed by atoms with Crippen molar-refractivity contribution in [2.45, 2.75) is 0 Å². The molecule has 2 rings (SSSR count). The van der Waals surface area contributed by atoms with Gasteiger partial charge in [0, 0.05) is 17.2 Å². The van der Waals surface area contributed by atoms with Gasteiger partial charge in [-0.05, 0) is 18.2 Å². The number of amides is 2. The van der Waals surface area contributed by atoms with E-state index >= 15 is 0 Å². The first-order valence-electron chi connectivity index (χ1n) is 6.05. The number of carbonyl (C=O) groups is 2. The van der Waals surface area contributed by atoms with E-state index in [-0.39, 0.29) is 30.0 Å². The highest BCUT2D eigenvalue weighted by Crippen LogP contribution is 2.16. The molecule has 0 saturated carbocycles. The summed E-state index contributed by atoms with van der Waals surface area (Å²) in [7, 11) is -1.94. The van der Waals surface area contributed by atoms with Crippen molar-refractivity contribution in [2.24, 2.45) is 0 Å². The van der Waals surface area contributed by atoms with Gasteiger partial charge >= 0.3 is 7.12 Å². The van der Waals surface area contributed by atoms with Crippen LogP contribution in [0.25, 0.3) is 0 Å². The van der Waals surface area contributed by atoms with E-state index < -0.39 is 24.7 Å². The van der Waals surface area contributed by atoms with Crippen LogP contribution in [-0.4, -0.2) is 52.1 Å². The van der Waals surface area contributed by atoms with E-state index in [9.17, 15) is 24.0 Å². The van der Waals surface area contributed by atoms with Crippen molar-refractivity contribution in [3.05, 3.63) is 35.8 Å². The van der Waals surface area contributed by atoms with Crippen LogP contribution < -0.4 is 10.8 Å². The number of aliphatic hydroxyl groups excluding tert-OH is 1. The average molecular weight is 294 g/mol. The second kappa shape index (κ2) is 6.04. The van der Waals surface area contributed by atoms with Crippen LogP contribution in [0.4, 0.5) is 10.1 Å². The van der Waals surface area contributed by atoms with Crippen LogP contribution in [0.5, 0.6) is 0 Å². The smallest absolute Gasteiger partial charge is 0.423 e. The zero-order valence-corrected chi connectivity index (χ0v) is 10.8. The number of β-amino-alcohol motifs (C(OH)–C–C–N with tert-alkyl or cyclic N) is 1. The van der Waals surface area contributed by atoms with Gasteiger partial charge in [-0.1, -0.05) is 0 Å². The van der Waals surface area contributed by atoms with Crippen LogP contribution in [0.15, 0.2) is 30.0 Å². The molecule has 0 spiro atoms. The summed E-state index contributed by atoms with van der Waals surface area (Å²) in [6.45, 7) is -0.506. The van der Waals surface area contributed by atoms with Crippen LogP contribution in [0, 0.1) is 5.82 Å². The molecule has 1 aliphatic rings. The lowest BCUT2D eigenvalue weighted by Crippen LogP contribution is -2.36. The van der Waals surface area contributed by atoms with Crippen LogP contribution in [0.3, 0.4) is 0 Å². The summed E-state index contributed by atoms with van der Waals surface area (Å²) < 4.78 is 13.1. The number of hydrogen-bond donors (Lipinski definition) is 4. The van der Waals surface area contributed by atoms with Crippen molar-refractivity contribution in [2.75, 3.05) is 18.5 Å². The number of rotatable bonds is 5. The van der Waals surface area contributed by atoms with E-state index in [0.29, 0.717) is 0 Å². The molecule has 0 saturated heterocycles. The Morgan fingerprint density at radius 3 is 2.62 bits per heavy atom. The molecule has 4 N–H and O–H groups in total. The van der Waals surface area contributed by atoms with Crippen molar-refractivity contribution in [1.82, 2.24) is 4.90 Å². The lowest BCUT2D eigenvalue weighted by molar-refractivity contribution is -0.137. The summed E-state index contributed by atoms with van der Waals surface area (Å²) in [6, 6.07) is 3.19. The number of anilines is 1. The third kappa shape index (κ3) is 3.10. The second-order valence-electron chi connectivity index (χ2n) is 4.31. The minimum atomic E-state index is -1.94. The molecular weight excluding hydrogens is 282 g/mol. The quantitative estimate of drug-likeness (QED) is 0.375. The Bertz CT molecular complexity index is 620. The maximum absolute atomic E-state index is 13.1. The topological polar surface area (TPSA) is 110 Å². The standard InChI is InChI=1S/C12H12BFN2O5/c14-7-1-2-9(8(5-7)13(20)21)15-10-6-11(18)16(3-4-17)12(10)19/h1-2,5-6,15,17,20-21H,3-4H2. The Balaban J connectivity index is 2.25. The first kappa shape index (κ1) is 15.2. The van der Waals surface area contributed by atoms with Gasteiger partial charge in [-0.3, -0.25) is 14.5 Å². The summed E-state index contributed by atoms with van der Waals surface area (Å²) in [6.07, 6.45) is 1.02. The number of carbonyl (C=O) groups excluding carboxylic acids is 2. The molecule has 0 unspecified atom stereocenters. The predicted molar refractivity (Wildman–Crippen MR) is 71.7 cm³/mol. The molecule has 1 aromatic rings. The Labute approximate surface area is 119 Å². The van der Waals surface area contributed by atoms with Crippen molar-refractivity contribution in [1.29, 1.82) is 0 Å². The number of halogens is 1. The molecule has 110 valence electrons. The van der Waals surface area contributed by atoms with Gasteiger partial charge in [-0.2, -0.15) is 0 Å². The highest BCUT2D eigenvalue weighted by Gasteiger charge is 2.31. The predicted octanol–water partition coefficient (Wildman–Crippen LogP) is -1.84. The fourth-order valence-electron chi connectivity index (χ4n) is 1.92. The molecule has 0 fully saturated rings. The molecule has 0 bridgehead atoms. The highest BCUT2D eigenvalue weighted by molar-refractivity contribution is 6.60. The van der Waals surface area contributed by atoms with Gasteiger partial charge in [0.2, 0.25) is 0 Å². The Kier molecular flexibility index (Phi) is 4.36. The van der Waals surface area contributed by atoms with Crippen LogP contribution in [-0.2, 0) is 9.59 Å². The molecule has 0 aromatic heterocycles. The van der Waals surface area contributed by atoms with Gasteiger partial charge in [-0.25, -0.2) is 4.39 Å². The fraction of sp³-hybridized carbons (Fsp3) is 0.167. The SMILES string of the molecule is O=C1C=C(Nc2ccc(F)cc2B(O)O)C(=O)N1CCO. The van der Waals surface area contributed by atoms with Crippen molar-refractivity contribution >= 4 is 30.1 Å². The largest absolute Gasteiger partial charge is 0.490 e. The Hall–Kier alpha value is -2.23. The summed E-state index contributed by atoms with van der Waals surface area (Å²) in [4.78, 5) is 24.3. The number of nitrogens with zero attached hydrogens (tertiary/aromatic N) is 1. The maximum Gasteiger partial charge on any atom is 0.490 e. The zero-order valence-electron chi connectivity index (χ0n) is 10.8. The van der Waals surface area contributed by atoms with Gasteiger partial charge in [0.1, 0.15) is 11.5 Å². The number of imide groups is 1. The molecule has 0 aliphatic carbocycles. The van der Waals surface area contributed by atoms with Crippen molar-refractivity contribution < 1.29 is 29.1 Å². The molecular formula is C12H12BFN2O5. The van der Waals surface area contributed by atoms with Gasteiger partial charge in [0.25, 0.3) is 11.8 Å². The van der Waals surface area contributed by atoms with E-state index in [1.165, 1.54) is 6.07 Å². The van der Waals surface area contributed by atoms with Crippen LogP contribution in [0.1, 0.15) is 0 Å². The molecule has 9 heteroatoms. The summed E-state index contributed by atoms with van der Waals surface area (Å²) in [5.74, 6) is -1.92. The normalized spacial score (nSPS) is 14.5. The summed E-state index contributed by atoms with van der Waals surface area (Å²) >= 11 is 0. The van der Waals surface area contributed by atoms with E-state index in [0.717, 1.165) is 23.1 Å². The molecule has 0 radical (unpaired) electrons. The Morgan fingerprint density at radius 1 is 1.29 bits per heavy atom. The molecule has 7 nitrogen and oxygen atoms in total. The lowest BCUT2D eigenvalue weighted by Gasteiger charge is -2.15. The van der Waals surface area contributed by atoms with E-state index in [1.54, 1.807) is 0 Å². The Morgan fingerprint density at radius 2 is 2.00 bits per heavy atom. The van der Waals surface area contributed by atoms with Crippen molar-refractivity contribution in [3.63, 3.8) is 0 Å². The number of nitrogens with one attached hydrogen (secondary N) is 1. The van der Waals surface area contributed by atoms with Gasteiger partial charge in [-0.15, -0.1) is 0 Å². The monoisotopic (exact) mass is 294 g/mol. The summed E-state index contributed by atoms with van der Waals surface area (Å²) in [5, 5.41) is 29.7. The van der Waals surface area contributed by atoms with Gasteiger partial charge in [0.05, 0.1) is 13.2 Å². The second-order valence-corrected chi connectivity index (χ2v) is 4.31. The highest BCUT2D eigenvalue weighted by atomic mass is 19.1. The zero-order chi connectivity index (χ0) is 15.6. The third-order valence-electron chi connectivity index (χ3n) is 2.89. The minimum Gasteiger partial charge on any atom is -0.423 e. The van der Waals surface area contributed by atoms with E-state index in [1.807, 2.05) is 0 Å². The minimum absolute atomic E-state index is 0.0876. The number of aliphatic hydroxyl groups is 1. The molecule has 2 amide bonds. The van der Waals surface area contributed by atoms with Gasteiger partial charge < -0.3 is 20.5 Å². The average Bonchev–Trinajstić information content (AvgIpc) is 2.68. The number of benzene rings is 1. The molecule has 21 heavy (non-hydrogen) atoms. The lowest BCUT2D eigenvalue weighted by atomic mass is 9.79. The van der Waals surface area contributed by atoms with E-state index in [4.69, 9.17) is 5.11 Å².